The number of halogens is 2. The predicted octanol–water partition coefficient (Wildman–Crippen LogP) is 2.74. The summed E-state index contributed by atoms with van der Waals surface area (Å²) in [6.45, 7) is 6.27. The van der Waals surface area contributed by atoms with Crippen LogP contribution in [-0.4, -0.2) is 34.0 Å². The zero-order valence-corrected chi connectivity index (χ0v) is 18.3. The number of pyridine rings is 1. The van der Waals surface area contributed by atoms with Crippen molar-refractivity contribution in [1.82, 2.24) is 15.2 Å². The van der Waals surface area contributed by atoms with E-state index in [1.54, 1.807) is 13.8 Å². The van der Waals surface area contributed by atoms with Gasteiger partial charge in [0.15, 0.2) is 11.5 Å². The number of ketones is 1. The van der Waals surface area contributed by atoms with Crippen molar-refractivity contribution in [1.29, 1.82) is 0 Å². The molecule has 0 aliphatic carbocycles. The lowest BCUT2D eigenvalue weighted by Crippen LogP contribution is -2.54. The van der Waals surface area contributed by atoms with Crippen LogP contribution in [0.15, 0.2) is 29.2 Å². The molecule has 0 saturated carbocycles. The summed E-state index contributed by atoms with van der Waals surface area (Å²) in [5.41, 5.74) is -2.29. The summed E-state index contributed by atoms with van der Waals surface area (Å²) < 4.78 is 28.3. The molecule has 1 aromatic carbocycles. The van der Waals surface area contributed by atoms with Gasteiger partial charge in [0.2, 0.25) is 5.43 Å². The van der Waals surface area contributed by atoms with E-state index in [0.717, 1.165) is 18.9 Å². The molecular formula is C23H27F2N3O4. The Labute approximate surface area is 184 Å². The molecule has 0 fully saturated rings. The fraction of sp³-hybridized carbons (Fsp3) is 0.435. The van der Waals surface area contributed by atoms with E-state index in [1.165, 1.54) is 16.8 Å². The number of Topliss-reactive ketones (excluding diaryl/α,β-unsaturated/α-hetero) is 1. The molecule has 3 rings (SSSR count). The maximum Gasteiger partial charge on any atom is 0.257 e. The summed E-state index contributed by atoms with van der Waals surface area (Å²) in [4.78, 5) is 38.3. The maximum absolute atomic E-state index is 13.8. The van der Waals surface area contributed by atoms with Crippen LogP contribution in [0.3, 0.4) is 0 Å². The number of fused-ring (bicyclic) bond motifs is 1. The largest absolute Gasteiger partial charge is 0.503 e. The van der Waals surface area contributed by atoms with Crippen LogP contribution in [0.2, 0.25) is 0 Å². The first kappa shape index (κ1) is 23.6. The van der Waals surface area contributed by atoms with Crippen molar-refractivity contribution in [3.8, 4) is 5.75 Å². The van der Waals surface area contributed by atoms with Gasteiger partial charge in [-0.1, -0.05) is 33.3 Å². The first-order chi connectivity index (χ1) is 15.1. The first-order valence-electron chi connectivity index (χ1n) is 10.5. The van der Waals surface area contributed by atoms with Crippen LogP contribution in [0.5, 0.6) is 5.75 Å². The Hall–Kier alpha value is -3.07. The Morgan fingerprint density at radius 1 is 1.28 bits per heavy atom. The van der Waals surface area contributed by atoms with Gasteiger partial charge in [0, 0.05) is 42.4 Å². The van der Waals surface area contributed by atoms with Gasteiger partial charge in [-0.3, -0.25) is 14.4 Å². The minimum Gasteiger partial charge on any atom is -0.503 e. The van der Waals surface area contributed by atoms with E-state index in [9.17, 15) is 28.3 Å². The van der Waals surface area contributed by atoms with E-state index in [0.29, 0.717) is 12.6 Å². The molecular weight excluding hydrogens is 420 g/mol. The van der Waals surface area contributed by atoms with Crippen LogP contribution >= 0.6 is 0 Å². The lowest BCUT2D eigenvalue weighted by molar-refractivity contribution is 0.0697. The standard InChI is InChI=1S/C23H27F2N3O4/c1-4-5-8-26-17-12-28-11-15(19(29)20(30)18(28)21(31)23(17,2)3)22(32)27-10-13-6-7-14(24)9-16(13)25/h6-7,9,11,17,26,30H,4-5,8,10,12H2,1-3H3,(H,27,32). The van der Waals surface area contributed by atoms with Crippen molar-refractivity contribution < 1.29 is 23.5 Å². The van der Waals surface area contributed by atoms with Crippen LogP contribution in [0.4, 0.5) is 8.78 Å². The molecule has 2 heterocycles. The minimum absolute atomic E-state index is 0.0409. The molecule has 9 heteroatoms. The lowest BCUT2D eigenvalue weighted by Gasteiger charge is -2.39. The van der Waals surface area contributed by atoms with Crippen molar-refractivity contribution in [3.05, 3.63) is 63.1 Å². The van der Waals surface area contributed by atoms with Gasteiger partial charge in [0.1, 0.15) is 22.9 Å². The second-order valence-electron chi connectivity index (χ2n) is 8.55. The summed E-state index contributed by atoms with van der Waals surface area (Å²) in [5, 5.41) is 16.2. The third kappa shape index (κ3) is 4.43. The molecule has 7 nitrogen and oxygen atoms in total. The Bertz CT molecular complexity index is 1110. The van der Waals surface area contributed by atoms with E-state index < -0.39 is 39.9 Å². The molecule has 0 saturated heterocycles. The molecule has 3 N–H and O–H groups in total. The van der Waals surface area contributed by atoms with Gasteiger partial charge in [-0.15, -0.1) is 0 Å². The minimum atomic E-state index is -0.977. The number of carbonyl (C=O) groups excluding carboxylic acids is 2. The van der Waals surface area contributed by atoms with Crippen molar-refractivity contribution in [2.75, 3.05) is 6.54 Å². The third-order valence-electron chi connectivity index (χ3n) is 5.93. The maximum atomic E-state index is 13.8. The van der Waals surface area contributed by atoms with Crippen LogP contribution in [0.25, 0.3) is 0 Å². The summed E-state index contributed by atoms with van der Waals surface area (Å²) >= 11 is 0. The number of nitrogens with zero attached hydrogens (tertiary/aromatic N) is 1. The Balaban J connectivity index is 1.89. The summed E-state index contributed by atoms with van der Waals surface area (Å²) in [6, 6.07) is 2.68. The fourth-order valence-corrected chi connectivity index (χ4v) is 3.79. The Morgan fingerprint density at radius 2 is 2.00 bits per heavy atom. The van der Waals surface area contributed by atoms with Crippen molar-refractivity contribution in [3.63, 3.8) is 0 Å². The number of aromatic hydroxyl groups is 1. The molecule has 1 aliphatic heterocycles. The van der Waals surface area contributed by atoms with Crippen molar-refractivity contribution in [2.45, 2.75) is 52.7 Å². The molecule has 0 bridgehead atoms. The quantitative estimate of drug-likeness (QED) is 0.567. The van der Waals surface area contributed by atoms with Gasteiger partial charge in [0.25, 0.3) is 5.91 Å². The molecule has 0 radical (unpaired) electrons. The van der Waals surface area contributed by atoms with Crippen molar-refractivity contribution >= 4 is 11.7 Å². The van der Waals surface area contributed by atoms with Gasteiger partial charge in [-0.2, -0.15) is 0 Å². The number of hydrogen-bond donors (Lipinski definition) is 3. The van der Waals surface area contributed by atoms with E-state index in [-0.39, 0.29) is 36.0 Å². The Kier molecular flexibility index (Phi) is 6.78. The molecule has 32 heavy (non-hydrogen) atoms. The highest BCUT2D eigenvalue weighted by molar-refractivity contribution is 6.03. The van der Waals surface area contributed by atoms with Gasteiger partial charge in [-0.05, 0) is 19.0 Å². The van der Waals surface area contributed by atoms with E-state index in [4.69, 9.17) is 0 Å². The van der Waals surface area contributed by atoms with E-state index in [2.05, 4.69) is 17.6 Å². The number of hydrogen-bond acceptors (Lipinski definition) is 5. The van der Waals surface area contributed by atoms with Crippen molar-refractivity contribution in [2.24, 2.45) is 5.41 Å². The van der Waals surface area contributed by atoms with Crippen LogP contribution < -0.4 is 16.1 Å². The molecule has 1 unspecified atom stereocenters. The number of benzene rings is 1. The molecule has 2 aromatic rings. The normalized spacial score (nSPS) is 17.2. The molecule has 1 atom stereocenters. The summed E-state index contributed by atoms with van der Waals surface area (Å²) in [6.07, 6.45) is 3.16. The summed E-state index contributed by atoms with van der Waals surface area (Å²) in [5.74, 6) is -3.59. The molecule has 0 spiro atoms. The van der Waals surface area contributed by atoms with Gasteiger partial charge in [-0.25, -0.2) is 8.78 Å². The summed E-state index contributed by atoms with van der Waals surface area (Å²) in [7, 11) is 0. The van der Waals surface area contributed by atoms with Gasteiger partial charge in [0.05, 0.1) is 0 Å². The highest BCUT2D eigenvalue weighted by Crippen LogP contribution is 2.34. The third-order valence-corrected chi connectivity index (χ3v) is 5.93. The highest BCUT2D eigenvalue weighted by Gasteiger charge is 2.44. The molecule has 1 aromatic heterocycles. The second-order valence-corrected chi connectivity index (χ2v) is 8.55. The average molecular weight is 447 g/mol. The number of unbranched alkanes of at least 4 members (excludes halogenated alkanes) is 1. The number of nitrogens with one attached hydrogen (secondary N) is 2. The number of aromatic nitrogens is 1. The number of rotatable bonds is 7. The SMILES string of the molecule is CCCCNC1Cn2cc(C(=O)NCc3ccc(F)cc3F)c(=O)c(O)c2C(=O)C1(C)C. The first-order valence-corrected chi connectivity index (χ1v) is 10.5. The van der Waals surface area contributed by atoms with Gasteiger partial charge < -0.3 is 20.3 Å². The van der Waals surface area contributed by atoms with Gasteiger partial charge >= 0.3 is 0 Å². The lowest BCUT2D eigenvalue weighted by atomic mass is 9.75. The molecule has 1 amide bonds. The molecule has 172 valence electrons. The molecule has 1 aliphatic rings. The monoisotopic (exact) mass is 447 g/mol. The van der Waals surface area contributed by atoms with Crippen LogP contribution in [0.1, 0.15) is 60.0 Å². The number of carbonyl (C=O) groups is 2. The zero-order chi connectivity index (χ0) is 23.6. The zero-order valence-electron chi connectivity index (χ0n) is 18.3. The smallest absolute Gasteiger partial charge is 0.257 e. The van der Waals surface area contributed by atoms with Crippen LogP contribution in [-0.2, 0) is 13.1 Å². The van der Waals surface area contributed by atoms with Crippen LogP contribution in [0, 0.1) is 17.0 Å². The highest BCUT2D eigenvalue weighted by atomic mass is 19.1. The second kappa shape index (κ2) is 9.20. The van der Waals surface area contributed by atoms with E-state index >= 15 is 0 Å². The average Bonchev–Trinajstić information content (AvgIpc) is 2.73. The fourth-order valence-electron chi connectivity index (χ4n) is 3.79. The topological polar surface area (TPSA) is 100 Å². The number of amides is 1. The Morgan fingerprint density at radius 3 is 2.66 bits per heavy atom. The van der Waals surface area contributed by atoms with E-state index in [1.807, 2.05) is 0 Å². The predicted molar refractivity (Wildman–Crippen MR) is 115 cm³/mol.